The lowest BCUT2D eigenvalue weighted by molar-refractivity contribution is -0.137. The Kier molecular flexibility index (Phi) is 5.87. The molecule has 0 unspecified atom stereocenters. The molecule has 2 aliphatic rings. The molecule has 2 heterocycles. The van der Waals surface area contributed by atoms with Crippen molar-refractivity contribution in [2.75, 3.05) is 19.6 Å². The molecular formula is C24H27F3N2O. The number of alkyl halides is 3. The van der Waals surface area contributed by atoms with Crippen LogP contribution in [0.1, 0.15) is 48.5 Å². The van der Waals surface area contributed by atoms with Gasteiger partial charge in [0.25, 0.3) is 5.91 Å². The first-order chi connectivity index (χ1) is 14.3. The smallest absolute Gasteiger partial charge is 0.332 e. The van der Waals surface area contributed by atoms with Crippen LogP contribution in [0.5, 0.6) is 0 Å². The van der Waals surface area contributed by atoms with Crippen LogP contribution >= 0.6 is 0 Å². The second kappa shape index (κ2) is 8.42. The summed E-state index contributed by atoms with van der Waals surface area (Å²) in [6.07, 6.45) is 0.191. The van der Waals surface area contributed by atoms with E-state index in [1.807, 2.05) is 17.0 Å². The fourth-order valence-electron chi connectivity index (χ4n) is 4.69. The molecule has 1 amide bonds. The number of nitrogens with zero attached hydrogens (tertiary/aromatic N) is 2. The van der Waals surface area contributed by atoms with E-state index in [-0.39, 0.29) is 18.0 Å². The molecule has 2 aromatic rings. The summed E-state index contributed by atoms with van der Waals surface area (Å²) >= 11 is 0. The third kappa shape index (κ3) is 4.38. The largest absolute Gasteiger partial charge is 0.416 e. The molecule has 30 heavy (non-hydrogen) atoms. The van der Waals surface area contributed by atoms with E-state index in [9.17, 15) is 18.0 Å². The summed E-state index contributed by atoms with van der Waals surface area (Å²) in [4.78, 5) is 17.7. The van der Waals surface area contributed by atoms with Crippen LogP contribution in [0.15, 0.2) is 48.5 Å². The maximum Gasteiger partial charge on any atom is 0.416 e. The zero-order valence-corrected chi connectivity index (χ0v) is 17.2. The number of benzene rings is 2. The summed E-state index contributed by atoms with van der Waals surface area (Å²) in [5.41, 5.74) is 1.46. The van der Waals surface area contributed by atoms with E-state index in [0.717, 1.165) is 50.2 Å². The summed E-state index contributed by atoms with van der Waals surface area (Å²) in [5.74, 6) is 0.0446. The van der Waals surface area contributed by atoms with Crippen LogP contribution < -0.4 is 0 Å². The maximum absolute atomic E-state index is 13.2. The number of hydrogen-bond donors (Lipinski definition) is 0. The van der Waals surface area contributed by atoms with E-state index in [0.29, 0.717) is 11.1 Å². The maximum atomic E-state index is 13.2. The summed E-state index contributed by atoms with van der Waals surface area (Å²) in [6.45, 7) is 5.29. The molecule has 2 fully saturated rings. The lowest BCUT2D eigenvalue weighted by Gasteiger charge is -2.31. The van der Waals surface area contributed by atoms with Crippen LogP contribution in [0.4, 0.5) is 13.2 Å². The molecule has 0 spiro atoms. The van der Waals surface area contributed by atoms with Crippen molar-refractivity contribution in [1.82, 2.24) is 9.80 Å². The van der Waals surface area contributed by atoms with E-state index < -0.39 is 11.7 Å². The normalized spacial score (nSPS) is 22.6. The van der Waals surface area contributed by atoms with Gasteiger partial charge in [0.05, 0.1) is 5.56 Å². The highest BCUT2D eigenvalue weighted by molar-refractivity contribution is 5.95. The number of halogens is 3. The third-order valence-electron chi connectivity index (χ3n) is 6.37. The first-order valence-electron chi connectivity index (χ1n) is 10.7. The van der Waals surface area contributed by atoms with Crippen LogP contribution in [-0.4, -0.2) is 47.4 Å². The predicted molar refractivity (Wildman–Crippen MR) is 111 cm³/mol. The Labute approximate surface area is 175 Å². The molecule has 0 radical (unpaired) electrons. The first-order valence-corrected chi connectivity index (χ1v) is 10.7. The molecule has 160 valence electrons. The van der Waals surface area contributed by atoms with Crippen LogP contribution in [-0.2, 0) is 6.18 Å². The highest BCUT2D eigenvalue weighted by Gasteiger charge is 2.36. The van der Waals surface area contributed by atoms with Gasteiger partial charge in [-0.05, 0) is 81.1 Å². The van der Waals surface area contributed by atoms with Gasteiger partial charge in [-0.25, -0.2) is 0 Å². The number of amides is 1. The summed E-state index contributed by atoms with van der Waals surface area (Å²) in [6, 6.07) is 12.8. The molecule has 2 saturated heterocycles. The Morgan fingerprint density at radius 1 is 0.933 bits per heavy atom. The lowest BCUT2D eigenvalue weighted by Crippen LogP contribution is -2.45. The highest BCUT2D eigenvalue weighted by atomic mass is 19.4. The van der Waals surface area contributed by atoms with Gasteiger partial charge in [0.15, 0.2) is 0 Å². The fraction of sp³-hybridized carbons (Fsp3) is 0.458. The van der Waals surface area contributed by atoms with Crippen molar-refractivity contribution in [3.05, 3.63) is 59.7 Å². The van der Waals surface area contributed by atoms with Crippen molar-refractivity contribution in [1.29, 1.82) is 0 Å². The topological polar surface area (TPSA) is 23.6 Å². The number of carbonyl (C=O) groups excluding carboxylic acids is 1. The molecule has 0 saturated carbocycles. The van der Waals surface area contributed by atoms with Gasteiger partial charge in [0.2, 0.25) is 0 Å². The minimum absolute atomic E-state index is 0.0446. The molecule has 0 bridgehead atoms. The molecule has 0 aliphatic carbocycles. The van der Waals surface area contributed by atoms with E-state index in [4.69, 9.17) is 0 Å². The number of hydrogen-bond acceptors (Lipinski definition) is 2. The van der Waals surface area contributed by atoms with Gasteiger partial charge in [0, 0.05) is 24.2 Å². The third-order valence-corrected chi connectivity index (χ3v) is 6.37. The quantitative estimate of drug-likeness (QED) is 0.661. The molecule has 0 aromatic heterocycles. The molecule has 3 nitrogen and oxygen atoms in total. The van der Waals surface area contributed by atoms with Gasteiger partial charge < -0.3 is 9.80 Å². The van der Waals surface area contributed by atoms with Crippen LogP contribution in [0.25, 0.3) is 11.1 Å². The van der Waals surface area contributed by atoms with E-state index in [2.05, 4.69) is 11.8 Å². The van der Waals surface area contributed by atoms with Gasteiger partial charge >= 0.3 is 6.18 Å². The Morgan fingerprint density at radius 3 is 2.07 bits per heavy atom. The van der Waals surface area contributed by atoms with Crippen molar-refractivity contribution in [2.45, 2.75) is 50.9 Å². The van der Waals surface area contributed by atoms with Crippen molar-refractivity contribution >= 4 is 5.91 Å². The monoisotopic (exact) mass is 416 g/mol. The van der Waals surface area contributed by atoms with Crippen LogP contribution in [0.2, 0.25) is 0 Å². The molecule has 6 heteroatoms. The van der Waals surface area contributed by atoms with E-state index in [1.165, 1.54) is 25.0 Å². The van der Waals surface area contributed by atoms with Crippen molar-refractivity contribution in [3.63, 3.8) is 0 Å². The lowest BCUT2D eigenvalue weighted by atomic mass is 10.0. The van der Waals surface area contributed by atoms with Gasteiger partial charge in [-0.2, -0.15) is 13.2 Å². The summed E-state index contributed by atoms with van der Waals surface area (Å²) < 4.78 is 38.3. The minimum Gasteiger partial charge on any atom is -0.332 e. The molecular weight excluding hydrogens is 389 g/mol. The molecule has 2 aromatic carbocycles. The van der Waals surface area contributed by atoms with Gasteiger partial charge in [-0.15, -0.1) is 0 Å². The molecule has 2 atom stereocenters. The van der Waals surface area contributed by atoms with Crippen LogP contribution in [0.3, 0.4) is 0 Å². The minimum atomic E-state index is -4.34. The summed E-state index contributed by atoms with van der Waals surface area (Å²) in [7, 11) is 0. The first kappa shape index (κ1) is 20.9. The Bertz CT molecular complexity index is 871. The predicted octanol–water partition coefficient (Wildman–Crippen LogP) is 5.46. The highest BCUT2D eigenvalue weighted by Crippen LogP contribution is 2.32. The fourth-order valence-corrected chi connectivity index (χ4v) is 4.69. The van der Waals surface area contributed by atoms with Gasteiger partial charge in [-0.1, -0.05) is 24.3 Å². The van der Waals surface area contributed by atoms with E-state index in [1.54, 1.807) is 12.1 Å². The Hall–Kier alpha value is -2.34. The Balaban J connectivity index is 1.48. The van der Waals surface area contributed by atoms with Gasteiger partial charge in [-0.3, -0.25) is 4.79 Å². The van der Waals surface area contributed by atoms with Gasteiger partial charge in [0.1, 0.15) is 0 Å². The zero-order chi connectivity index (χ0) is 21.3. The Morgan fingerprint density at radius 2 is 1.50 bits per heavy atom. The average molecular weight is 416 g/mol. The van der Waals surface area contributed by atoms with Crippen molar-refractivity contribution in [2.24, 2.45) is 0 Å². The molecule has 4 rings (SSSR count). The second-order valence-electron chi connectivity index (χ2n) is 8.45. The molecule has 0 N–H and O–H groups in total. The SMILES string of the molecule is C[C@H]1CC[C@@H](CN2CCCC2)N1C(=O)c1ccc(-c2ccc(C(F)(F)F)cc2)cc1. The van der Waals surface area contributed by atoms with Crippen molar-refractivity contribution < 1.29 is 18.0 Å². The zero-order valence-electron chi connectivity index (χ0n) is 17.2. The van der Waals surface area contributed by atoms with Crippen molar-refractivity contribution in [3.8, 4) is 11.1 Å². The molecule has 2 aliphatic heterocycles. The average Bonchev–Trinajstić information content (AvgIpc) is 3.37. The number of likely N-dealkylation sites (tertiary alicyclic amines) is 2. The second-order valence-corrected chi connectivity index (χ2v) is 8.45. The van der Waals surface area contributed by atoms with E-state index >= 15 is 0 Å². The number of rotatable bonds is 4. The summed E-state index contributed by atoms with van der Waals surface area (Å²) in [5, 5.41) is 0. The number of carbonyl (C=O) groups is 1. The van der Waals surface area contributed by atoms with Crippen LogP contribution in [0, 0.1) is 0 Å². The standard InChI is InChI=1S/C24H27F3N2O/c1-17-4-13-22(16-28-14-2-3-15-28)29(17)23(30)20-7-5-18(6-8-20)19-9-11-21(12-10-19)24(25,26)27/h5-12,17,22H,2-4,13-16H2,1H3/t17-,22-/m0/s1.